The van der Waals surface area contributed by atoms with Crippen LogP contribution in [0.2, 0.25) is 0 Å². The van der Waals surface area contributed by atoms with Crippen molar-refractivity contribution < 1.29 is 19.5 Å². The summed E-state index contributed by atoms with van der Waals surface area (Å²) < 4.78 is 0. The highest BCUT2D eigenvalue weighted by molar-refractivity contribution is 5.77. The molecule has 3 N–H and O–H groups in total. The monoisotopic (exact) mass is 299 g/mol. The van der Waals surface area contributed by atoms with Gasteiger partial charge in [0.05, 0.1) is 6.42 Å². The second kappa shape index (κ2) is 7.28. The molecule has 0 aromatic carbocycles. The standard InChI is InChI=1S/C14H25N3O4/c1-10(18)15-9-11-4-6-17(7-5-11)13(21)16-14(2,3)8-12(19)20/h11H,4-9H2,1-3H3,(H,15,18)(H,16,21)(H,19,20). The van der Waals surface area contributed by atoms with Crippen LogP contribution in [0.5, 0.6) is 0 Å². The van der Waals surface area contributed by atoms with Crippen molar-refractivity contribution in [3.8, 4) is 0 Å². The van der Waals surface area contributed by atoms with Crippen molar-refractivity contribution in [1.82, 2.24) is 15.5 Å². The van der Waals surface area contributed by atoms with Crippen LogP contribution in [-0.2, 0) is 9.59 Å². The fourth-order valence-electron chi connectivity index (χ4n) is 2.42. The van der Waals surface area contributed by atoms with Gasteiger partial charge in [-0.25, -0.2) is 4.79 Å². The van der Waals surface area contributed by atoms with E-state index in [0.717, 1.165) is 12.8 Å². The number of hydrogen-bond donors (Lipinski definition) is 3. The van der Waals surface area contributed by atoms with Gasteiger partial charge in [-0.2, -0.15) is 0 Å². The Bertz CT molecular complexity index is 401. The maximum atomic E-state index is 12.1. The van der Waals surface area contributed by atoms with Crippen molar-refractivity contribution in [3.63, 3.8) is 0 Å². The highest BCUT2D eigenvalue weighted by Gasteiger charge is 2.28. The van der Waals surface area contributed by atoms with Crippen LogP contribution in [0.3, 0.4) is 0 Å². The van der Waals surface area contributed by atoms with E-state index in [-0.39, 0.29) is 18.4 Å². The van der Waals surface area contributed by atoms with Crippen LogP contribution < -0.4 is 10.6 Å². The summed E-state index contributed by atoms with van der Waals surface area (Å²) in [4.78, 5) is 35.4. The van der Waals surface area contributed by atoms with Gasteiger partial charge in [-0.1, -0.05) is 0 Å². The number of hydrogen-bond acceptors (Lipinski definition) is 3. The molecule has 120 valence electrons. The number of carbonyl (C=O) groups excluding carboxylic acids is 2. The zero-order valence-electron chi connectivity index (χ0n) is 12.9. The quantitative estimate of drug-likeness (QED) is 0.699. The van der Waals surface area contributed by atoms with Gasteiger partial charge in [-0.3, -0.25) is 9.59 Å². The highest BCUT2D eigenvalue weighted by atomic mass is 16.4. The topological polar surface area (TPSA) is 98.7 Å². The Morgan fingerprint density at radius 1 is 1.24 bits per heavy atom. The lowest BCUT2D eigenvalue weighted by atomic mass is 9.96. The van der Waals surface area contributed by atoms with Crippen LogP contribution in [-0.4, -0.2) is 53.1 Å². The molecule has 0 spiro atoms. The molecule has 21 heavy (non-hydrogen) atoms. The highest BCUT2D eigenvalue weighted by Crippen LogP contribution is 2.17. The molecule has 1 rings (SSSR count). The first-order valence-corrected chi connectivity index (χ1v) is 7.23. The minimum Gasteiger partial charge on any atom is -0.481 e. The van der Waals surface area contributed by atoms with Gasteiger partial charge in [0.25, 0.3) is 0 Å². The molecule has 1 fully saturated rings. The summed E-state index contributed by atoms with van der Waals surface area (Å²) >= 11 is 0. The summed E-state index contributed by atoms with van der Waals surface area (Å²) in [7, 11) is 0. The lowest BCUT2D eigenvalue weighted by Gasteiger charge is -2.35. The van der Waals surface area contributed by atoms with E-state index in [2.05, 4.69) is 10.6 Å². The Balaban J connectivity index is 2.38. The van der Waals surface area contributed by atoms with Crippen LogP contribution in [0.4, 0.5) is 4.79 Å². The van der Waals surface area contributed by atoms with Gasteiger partial charge >= 0.3 is 12.0 Å². The number of nitrogens with zero attached hydrogens (tertiary/aromatic N) is 1. The smallest absolute Gasteiger partial charge is 0.317 e. The molecule has 0 atom stereocenters. The number of urea groups is 1. The van der Waals surface area contributed by atoms with Gasteiger partial charge in [0.1, 0.15) is 0 Å². The third-order valence-electron chi connectivity index (χ3n) is 3.58. The number of carboxylic acids is 1. The van der Waals surface area contributed by atoms with E-state index in [4.69, 9.17) is 5.11 Å². The maximum absolute atomic E-state index is 12.1. The molecule has 0 bridgehead atoms. The normalized spacial score (nSPS) is 16.4. The molecular weight excluding hydrogens is 274 g/mol. The molecule has 7 heteroatoms. The minimum absolute atomic E-state index is 0.0365. The third kappa shape index (κ3) is 6.46. The molecule has 1 saturated heterocycles. The molecule has 0 aromatic rings. The number of piperidine rings is 1. The Labute approximate surface area is 125 Å². The first-order chi connectivity index (χ1) is 9.69. The van der Waals surface area contributed by atoms with Gasteiger partial charge in [-0.15, -0.1) is 0 Å². The summed E-state index contributed by atoms with van der Waals surface area (Å²) in [6.07, 6.45) is 1.57. The van der Waals surface area contributed by atoms with Gasteiger partial charge < -0.3 is 20.6 Å². The van der Waals surface area contributed by atoms with Crippen molar-refractivity contribution in [2.24, 2.45) is 5.92 Å². The number of carbonyl (C=O) groups is 3. The van der Waals surface area contributed by atoms with Gasteiger partial charge in [-0.05, 0) is 32.6 Å². The van der Waals surface area contributed by atoms with E-state index in [9.17, 15) is 14.4 Å². The van der Waals surface area contributed by atoms with Crippen molar-refractivity contribution in [1.29, 1.82) is 0 Å². The minimum atomic E-state index is -0.936. The van der Waals surface area contributed by atoms with E-state index >= 15 is 0 Å². The number of likely N-dealkylation sites (tertiary alicyclic amines) is 1. The Morgan fingerprint density at radius 2 is 1.81 bits per heavy atom. The van der Waals surface area contributed by atoms with Gasteiger partial charge in [0, 0.05) is 32.1 Å². The van der Waals surface area contributed by atoms with E-state index < -0.39 is 11.5 Å². The Morgan fingerprint density at radius 3 is 2.29 bits per heavy atom. The molecule has 1 heterocycles. The van der Waals surface area contributed by atoms with Crippen LogP contribution in [0.1, 0.15) is 40.0 Å². The second-order valence-electron chi connectivity index (χ2n) is 6.25. The zero-order chi connectivity index (χ0) is 16.0. The fourth-order valence-corrected chi connectivity index (χ4v) is 2.42. The maximum Gasteiger partial charge on any atom is 0.317 e. The average Bonchev–Trinajstić information content (AvgIpc) is 2.34. The van der Waals surface area contributed by atoms with E-state index in [0.29, 0.717) is 25.6 Å². The van der Waals surface area contributed by atoms with Crippen molar-refractivity contribution in [3.05, 3.63) is 0 Å². The van der Waals surface area contributed by atoms with Crippen molar-refractivity contribution >= 4 is 17.9 Å². The van der Waals surface area contributed by atoms with Crippen molar-refractivity contribution in [2.75, 3.05) is 19.6 Å². The first-order valence-electron chi connectivity index (χ1n) is 7.23. The third-order valence-corrected chi connectivity index (χ3v) is 3.58. The molecule has 1 aliphatic rings. The molecule has 0 aromatic heterocycles. The zero-order valence-corrected chi connectivity index (χ0v) is 12.9. The van der Waals surface area contributed by atoms with Crippen molar-refractivity contribution in [2.45, 2.75) is 45.6 Å². The SMILES string of the molecule is CC(=O)NCC1CCN(C(=O)NC(C)(C)CC(=O)O)CC1. The van der Waals surface area contributed by atoms with E-state index in [1.807, 2.05) is 0 Å². The largest absolute Gasteiger partial charge is 0.481 e. The average molecular weight is 299 g/mol. The predicted octanol–water partition coefficient (Wildman–Crippen LogP) is 0.797. The summed E-state index contributed by atoms with van der Waals surface area (Å²) in [5.41, 5.74) is -0.768. The molecule has 0 radical (unpaired) electrons. The summed E-state index contributed by atoms with van der Waals surface area (Å²) in [6.45, 7) is 6.78. The first kappa shape index (κ1) is 17.3. The van der Waals surface area contributed by atoms with Gasteiger partial charge in [0.15, 0.2) is 0 Å². The lowest BCUT2D eigenvalue weighted by molar-refractivity contribution is -0.138. The molecular formula is C14H25N3O4. The molecule has 7 nitrogen and oxygen atoms in total. The Hall–Kier alpha value is -1.79. The van der Waals surface area contributed by atoms with E-state index in [1.54, 1.807) is 18.7 Å². The van der Waals surface area contributed by atoms with Crippen LogP contribution in [0.25, 0.3) is 0 Å². The summed E-state index contributed by atoms with van der Waals surface area (Å²) in [5, 5.41) is 14.4. The van der Waals surface area contributed by atoms with Gasteiger partial charge in [0.2, 0.25) is 5.91 Å². The lowest BCUT2D eigenvalue weighted by Crippen LogP contribution is -2.53. The number of nitrogens with one attached hydrogen (secondary N) is 2. The second-order valence-corrected chi connectivity index (χ2v) is 6.25. The Kier molecular flexibility index (Phi) is 5.99. The number of aliphatic carboxylic acids is 1. The molecule has 3 amide bonds. The number of carboxylic acid groups (broad SMARTS) is 1. The van der Waals surface area contributed by atoms with E-state index in [1.165, 1.54) is 6.92 Å². The molecule has 0 aliphatic carbocycles. The van der Waals surface area contributed by atoms with Crippen LogP contribution in [0.15, 0.2) is 0 Å². The van der Waals surface area contributed by atoms with Crippen LogP contribution in [0, 0.1) is 5.92 Å². The fraction of sp³-hybridized carbons (Fsp3) is 0.786. The predicted molar refractivity (Wildman–Crippen MR) is 77.8 cm³/mol. The molecule has 0 saturated carbocycles. The molecule has 1 aliphatic heterocycles. The summed E-state index contributed by atoms with van der Waals surface area (Å²) in [5.74, 6) is -0.579. The number of amides is 3. The molecule has 0 unspecified atom stereocenters. The number of rotatable bonds is 5. The summed E-state index contributed by atoms with van der Waals surface area (Å²) in [6, 6.07) is -0.223. The van der Waals surface area contributed by atoms with Crippen LogP contribution >= 0.6 is 0 Å².